The molecule has 7 rings (SSSR count). The summed E-state index contributed by atoms with van der Waals surface area (Å²) in [5, 5.41) is 23.6. The van der Waals surface area contributed by atoms with Crippen molar-refractivity contribution in [2.24, 2.45) is 5.92 Å². The fourth-order valence-corrected chi connectivity index (χ4v) is 7.93. The van der Waals surface area contributed by atoms with E-state index in [2.05, 4.69) is 9.88 Å². The number of hydrogen-bond donors (Lipinski definition) is 3. The Hall–Kier alpha value is -2.51. The summed E-state index contributed by atoms with van der Waals surface area (Å²) in [6.45, 7) is 9.24. The second kappa shape index (κ2) is 7.04. The van der Waals surface area contributed by atoms with Gasteiger partial charge in [-0.05, 0) is 81.7 Å². The van der Waals surface area contributed by atoms with Gasteiger partial charge in [-0.1, -0.05) is 6.07 Å². The molecule has 3 N–H and O–H groups in total. The van der Waals surface area contributed by atoms with E-state index in [-0.39, 0.29) is 17.7 Å². The zero-order valence-electron chi connectivity index (χ0n) is 20.9. The first-order chi connectivity index (χ1) is 16.8. The van der Waals surface area contributed by atoms with E-state index in [0.29, 0.717) is 31.0 Å². The van der Waals surface area contributed by atoms with Crippen molar-refractivity contribution in [3.8, 4) is 11.5 Å². The average Bonchev–Trinajstić information content (AvgIpc) is 3.50. The van der Waals surface area contributed by atoms with Crippen LogP contribution < -0.4 is 4.74 Å². The molecule has 1 saturated carbocycles. The van der Waals surface area contributed by atoms with E-state index in [1.807, 2.05) is 31.7 Å². The molecular weight excluding hydrogens is 442 g/mol. The number of ether oxygens (including phenoxy) is 1. The number of phenols is 1. The molecule has 7 heteroatoms. The summed E-state index contributed by atoms with van der Waals surface area (Å²) >= 11 is 0. The third-order valence-corrected chi connectivity index (χ3v) is 9.90. The van der Waals surface area contributed by atoms with E-state index in [4.69, 9.17) is 4.74 Å². The highest BCUT2D eigenvalue weighted by molar-refractivity contribution is 5.94. The van der Waals surface area contributed by atoms with Crippen molar-refractivity contribution in [1.29, 1.82) is 0 Å². The Kier molecular flexibility index (Phi) is 4.37. The smallest absolute Gasteiger partial charge is 0.270 e. The first-order valence-corrected chi connectivity index (χ1v) is 13.3. The second-order valence-corrected chi connectivity index (χ2v) is 11.4. The van der Waals surface area contributed by atoms with Gasteiger partial charge in [0.25, 0.3) is 5.91 Å². The number of aromatic hydroxyl groups is 1. The van der Waals surface area contributed by atoms with Crippen LogP contribution in [0.3, 0.4) is 0 Å². The van der Waals surface area contributed by atoms with Gasteiger partial charge in [0.2, 0.25) is 0 Å². The molecule has 3 aliphatic carbocycles. The number of likely N-dealkylation sites (tertiary alicyclic amines) is 1. The van der Waals surface area contributed by atoms with Gasteiger partial charge in [-0.15, -0.1) is 0 Å². The summed E-state index contributed by atoms with van der Waals surface area (Å²) in [6.07, 6.45) is 4.15. The van der Waals surface area contributed by atoms with Gasteiger partial charge < -0.3 is 24.8 Å². The second-order valence-electron chi connectivity index (χ2n) is 11.4. The van der Waals surface area contributed by atoms with E-state index in [0.717, 1.165) is 54.2 Å². The standard InChI is InChI=1S/C28H35N3O4/c1-4-30(5-2)26(33)22-15(3)18-13-28(34)20-12-17-8-9-19(32)24-21(17)27(28,25(35-24)23(18)29-22)10-11-31(20)14-16-6-7-16/h8-9,16,20,25,29,32,34H,4-7,10-14H2,1-3H3. The summed E-state index contributed by atoms with van der Waals surface area (Å²) in [6, 6.07) is 3.76. The number of nitrogens with zero attached hydrogens (tertiary/aromatic N) is 2. The number of fused-ring (bicyclic) bond motifs is 2. The molecule has 1 aromatic carbocycles. The van der Waals surface area contributed by atoms with Crippen LogP contribution in [0.15, 0.2) is 12.1 Å². The van der Waals surface area contributed by atoms with Crippen LogP contribution in [0.25, 0.3) is 0 Å². The fraction of sp³-hybridized carbons (Fsp3) is 0.607. The average molecular weight is 478 g/mol. The molecule has 2 aromatic rings. The molecule has 0 radical (unpaired) electrons. The number of piperidine rings is 1. The summed E-state index contributed by atoms with van der Waals surface area (Å²) in [7, 11) is 0. The maximum atomic E-state index is 13.4. The van der Waals surface area contributed by atoms with E-state index in [9.17, 15) is 15.0 Å². The lowest BCUT2D eigenvalue weighted by molar-refractivity contribution is -0.173. The molecule has 186 valence electrons. The van der Waals surface area contributed by atoms with E-state index >= 15 is 0 Å². The number of benzene rings is 1. The van der Waals surface area contributed by atoms with Crippen LogP contribution in [0.2, 0.25) is 0 Å². The third kappa shape index (κ3) is 2.56. The number of aromatic amines is 1. The predicted octanol–water partition coefficient (Wildman–Crippen LogP) is 3.21. The van der Waals surface area contributed by atoms with Gasteiger partial charge in [-0.2, -0.15) is 0 Å². The lowest BCUT2D eigenvalue weighted by Gasteiger charge is -2.62. The van der Waals surface area contributed by atoms with Gasteiger partial charge in [0.15, 0.2) is 17.6 Å². The van der Waals surface area contributed by atoms with Gasteiger partial charge in [-0.25, -0.2) is 0 Å². The molecule has 7 nitrogen and oxygen atoms in total. The zero-order valence-corrected chi connectivity index (χ0v) is 20.9. The molecule has 2 aliphatic heterocycles. The number of carbonyl (C=O) groups is 1. The molecule has 4 unspecified atom stereocenters. The van der Waals surface area contributed by atoms with Crippen LogP contribution in [0.1, 0.15) is 77.7 Å². The van der Waals surface area contributed by atoms with E-state index in [1.54, 1.807) is 6.07 Å². The van der Waals surface area contributed by atoms with E-state index < -0.39 is 17.1 Å². The van der Waals surface area contributed by atoms with Crippen molar-refractivity contribution in [3.05, 3.63) is 45.8 Å². The third-order valence-electron chi connectivity index (χ3n) is 9.90. The largest absolute Gasteiger partial charge is 0.504 e. The van der Waals surface area contributed by atoms with Crippen LogP contribution in [0.5, 0.6) is 11.5 Å². The maximum absolute atomic E-state index is 13.4. The van der Waals surface area contributed by atoms with Gasteiger partial charge in [-0.3, -0.25) is 9.69 Å². The maximum Gasteiger partial charge on any atom is 0.270 e. The molecule has 4 atom stereocenters. The molecule has 1 saturated heterocycles. The summed E-state index contributed by atoms with van der Waals surface area (Å²) in [5.41, 5.74) is 3.97. The molecule has 1 aromatic heterocycles. The highest BCUT2D eigenvalue weighted by atomic mass is 16.5. The molecule has 1 amide bonds. The predicted molar refractivity (Wildman–Crippen MR) is 131 cm³/mol. The Balaban J connectivity index is 1.43. The quantitative estimate of drug-likeness (QED) is 0.616. The van der Waals surface area contributed by atoms with Gasteiger partial charge in [0.05, 0.1) is 16.7 Å². The molecule has 1 spiro atoms. The van der Waals surface area contributed by atoms with Gasteiger partial charge >= 0.3 is 0 Å². The Morgan fingerprint density at radius 2 is 2.06 bits per heavy atom. The number of hydrogen-bond acceptors (Lipinski definition) is 5. The van der Waals surface area contributed by atoms with Crippen molar-refractivity contribution < 1.29 is 19.7 Å². The normalized spacial score (nSPS) is 32.1. The van der Waals surface area contributed by atoms with Gasteiger partial charge in [0.1, 0.15) is 5.69 Å². The van der Waals surface area contributed by atoms with Crippen molar-refractivity contribution in [1.82, 2.24) is 14.8 Å². The number of rotatable bonds is 5. The summed E-state index contributed by atoms with van der Waals surface area (Å²) in [4.78, 5) is 21.2. The SMILES string of the molecule is CCN(CC)C(=O)c1[nH]c2c(c1C)CC1(O)C3Cc4ccc(O)c5c4C1(CCN3CC1CC1)C2O5. The molecule has 3 heterocycles. The number of aromatic nitrogens is 1. The molecular formula is C28H35N3O4. The highest BCUT2D eigenvalue weighted by Gasteiger charge is 2.73. The molecule has 5 aliphatic rings. The zero-order chi connectivity index (χ0) is 24.3. The van der Waals surface area contributed by atoms with Crippen LogP contribution in [0.4, 0.5) is 0 Å². The molecule has 35 heavy (non-hydrogen) atoms. The Bertz CT molecular complexity index is 1250. The number of amides is 1. The van der Waals surface area contributed by atoms with Crippen LogP contribution >= 0.6 is 0 Å². The molecule has 2 bridgehead atoms. The number of nitrogens with one attached hydrogen (secondary N) is 1. The van der Waals surface area contributed by atoms with Crippen LogP contribution in [0, 0.1) is 12.8 Å². The van der Waals surface area contributed by atoms with Crippen LogP contribution in [-0.4, -0.2) is 68.7 Å². The monoisotopic (exact) mass is 477 g/mol. The minimum atomic E-state index is -1.02. The molecule has 2 fully saturated rings. The minimum absolute atomic E-state index is 0.00433. The Morgan fingerprint density at radius 3 is 2.77 bits per heavy atom. The lowest BCUT2D eigenvalue weighted by atomic mass is 9.49. The van der Waals surface area contributed by atoms with Crippen molar-refractivity contribution >= 4 is 5.91 Å². The van der Waals surface area contributed by atoms with Crippen molar-refractivity contribution in [3.63, 3.8) is 0 Å². The van der Waals surface area contributed by atoms with Gasteiger partial charge in [0, 0.05) is 37.7 Å². The topological polar surface area (TPSA) is 89.0 Å². The Morgan fingerprint density at radius 1 is 1.29 bits per heavy atom. The van der Waals surface area contributed by atoms with E-state index in [1.165, 1.54) is 18.4 Å². The fourth-order valence-electron chi connectivity index (χ4n) is 7.93. The van der Waals surface area contributed by atoms with Crippen molar-refractivity contribution in [2.45, 2.75) is 76.0 Å². The first-order valence-electron chi connectivity index (χ1n) is 13.3. The number of carbonyl (C=O) groups excluding carboxylic acids is 1. The van der Waals surface area contributed by atoms with Crippen LogP contribution in [-0.2, 0) is 18.3 Å². The Labute approximate surface area is 206 Å². The van der Waals surface area contributed by atoms with Crippen molar-refractivity contribution in [2.75, 3.05) is 26.2 Å². The first kappa shape index (κ1) is 21.7. The summed E-state index contributed by atoms with van der Waals surface area (Å²) in [5.74, 6) is 1.40. The summed E-state index contributed by atoms with van der Waals surface area (Å²) < 4.78 is 6.61. The number of H-pyrrole nitrogens is 1. The lowest BCUT2D eigenvalue weighted by Crippen LogP contribution is -2.74. The number of phenolic OH excluding ortho intramolecular Hbond substituents is 1. The number of aliphatic hydroxyl groups is 1. The minimum Gasteiger partial charge on any atom is -0.504 e. The highest BCUT2D eigenvalue weighted by Crippen LogP contribution is 2.68.